The predicted octanol–water partition coefficient (Wildman–Crippen LogP) is 2.91. The number of sulfonamides is 1. The number of rotatable bonds is 3. The summed E-state index contributed by atoms with van der Waals surface area (Å²) in [5, 5.41) is 4.10. The van der Waals surface area contributed by atoms with Crippen LogP contribution >= 0.6 is 0 Å². The van der Waals surface area contributed by atoms with Crippen molar-refractivity contribution in [1.29, 1.82) is 0 Å². The number of nitrogens with one attached hydrogen (secondary N) is 1. The molecule has 1 fully saturated rings. The summed E-state index contributed by atoms with van der Waals surface area (Å²) in [4.78, 5) is 16.3. The highest BCUT2D eigenvalue weighted by Gasteiger charge is 2.29. The minimum atomic E-state index is -3.70. The van der Waals surface area contributed by atoms with Gasteiger partial charge in [0, 0.05) is 31.1 Å². The van der Waals surface area contributed by atoms with Gasteiger partial charge in [0.05, 0.1) is 4.90 Å². The van der Waals surface area contributed by atoms with E-state index in [1.807, 2.05) is 34.6 Å². The van der Waals surface area contributed by atoms with Crippen molar-refractivity contribution in [3.8, 4) is 0 Å². The summed E-state index contributed by atoms with van der Waals surface area (Å²) in [6.45, 7) is 10.2. The first-order chi connectivity index (χ1) is 12.0. The van der Waals surface area contributed by atoms with E-state index in [0.29, 0.717) is 19.5 Å². The summed E-state index contributed by atoms with van der Waals surface area (Å²) in [6.07, 6.45) is 0.139. The molecule has 1 aromatic carbocycles. The number of piperidine rings is 1. The number of aryl methyl sites for hydroxylation is 1. The van der Waals surface area contributed by atoms with Gasteiger partial charge in [-0.1, -0.05) is 24.6 Å². The van der Waals surface area contributed by atoms with E-state index < -0.39 is 15.6 Å². The van der Waals surface area contributed by atoms with Gasteiger partial charge in [-0.2, -0.15) is 13.5 Å². The maximum absolute atomic E-state index is 12.3. The number of carbonyl (C=O) groups excluding carboxylic acids is 1. The first-order valence-corrected chi connectivity index (χ1v) is 10.1. The summed E-state index contributed by atoms with van der Waals surface area (Å²) >= 11 is 0. The molecular formula is C18H27N3O4S. The van der Waals surface area contributed by atoms with Crippen LogP contribution in [0.3, 0.4) is 0 Å². The molecule has 7 nitrogen and oxygen atoms in total. The molecular weight excluding hydrogens is 354 g/mol. The number of nitrogens with zero attached hydrogens (tertiary/aromatic N) is 2. The third-order valence-corrected chi connectivity index (χ3v) is 5.22. The Balaban J connectivity index is 2.00. The second-order valence-corrected chi connectivity index (χ2v) is 9.25. The van der Waals surface area contributed by atoms with Gasteiger partial charge in [0.2, 0.25) is 0 Å². The van der Waals surface area contributed by atoms with E-state index in [-0.39, 0.29) is 16.9 Å². The summed E-state index contributed by atoms with van der Waals surface area (Å²) in [5.74, 6) is -0.0583. The summed E-state index contributed by atoms with van der Waals surface area (Å²) in [7, 11) is -3.70. The monoisotopic (exact) mass is 381 g/mol. The molecule has 0 spiro atoms. The van der Waals surface area contributed by atoms with Crippen LogP contribution in [-0.2, 0) is 14.8 Å². The van der Waals surface area contributed by atoms with E-state index in [1.165, 1.54) is 0 Å². The second kappa shape index (κ2) is 7.65. The van der Waals surface area contributed by atoms with Crippen molar-refractivity contribution in [2.45, 2.75) is 51.5 Å². The van der Waals surface area contributed by atoms with Gasteiger partial charge in [-0.25, -0.2) is 9.63 Å². The predicted molar refractivity (Wildman–Crippen MR) is 101 cm³/mol. The Labute approximate surface area is 155 Å². The lowest BCUT2D eigenvalue weighted by molar-refractivity contribution is 0.0228. The molecule has 8 heteroatoms. The highest BCUT2D eigenvalue weighted by Crippen LogP contribution is 2.18. The van der Waals surface area contributed by atoms with Crippen molar-refractivity contribution < 1.29 is 17.9 Å². The Hall–Kier alpha value is -2.09. The van der Waals surface area contributed by atoms with Crippen LogP contribution in [0.1, 0.15) is 39.7 Å². The minimum Gasteiger partial charge on any atom is -0.444 e. The molecule has 1 heterocycles. The first kappa shape index (κ1) is 20.2. The summed E-state index contributed by atoms with van der Waals surface area (Å²) < 4.78 is 30.0. The quantitative estimate of drug-likeness (QED) is 0.816. The third-order valence-electron chi connectivity index (χ3n) is 3.99. The van der Waals surface area contributed by atoms with Crippen molar-refractivity contribution in [3.63, 3.8) is 0 Å². The molecule has 0 aromatic heterocycles. The van der Waals surface area contributed by atoms with E-state index in [9.17, 15) is 13.2 Å². The largest absolute Gasteiger partial charge is 0.444 e. The molecule has 1 aliphatic heterocycles. The SMILES string of the molecule is Cc1ccc(S(=O)(=O)N/N=C2/CCN(C(=O)OC(C)(C)C)CC2C)cc1. The molecule has 26 heavy (non-hydrogen) atoms. The van der Waals surface area contributed by atoms with Gasteiger partial charge in [-0.15, -0.1) is 0 Å². The number of carbonyl (C=O) groups is 1. The molecule has 0 saturated carbocycles. The van der Waals surface area contributed by atoms with Crippen molar-refractivity contribution in [2.75, 3.05) is 13.1 Å². The fourth-order valence-electron chi connectivity index (χ4n) is 2.57. The number of amides is 1. The molecule has 1 aromatic rings. The number of likely N-dealkylation sites (tertiary alicyclic amines) is 1. The topological polar surface area (TPSA) is 88.1 Å². The van der Waals surface area contributed by atoms with Gasteiger partial charge < -0.3 is 9.64 Å². The molecule has 0 radical (unpaired) electrons. The molecule has 144 valence electrons. The Morgan fingerprint density at radius 3 is 2.42 bits per heavy atom. The molecule has 0 bridgehead atoms. The smallest absolute Gasteiger partial charge is 0.410 e. The molecule has 2 rings (SSSR count). The van der Waals surface area contributed by atoms with E-state index in [2.05, 4.69) is 9.93 Å². The zero-order valence-electron chi connectivity index (χ0n) is 15.9. The fraction of sp³-hybridized carbons (Fsp3) is 0.556. The summed E-state index contributed by atoms with van der Waals surface area (Å²) in [6, 6.07) is 6.58. The van der Waals surface area contributed by atoms with Crippen molar-refractivity contribution in [2.24, 2.45) is 11.0 Å². The summed E-state index contributed by atoms with van der Waals surface area (Å²) in [5.41, 5.74) is 1.16. The first-order valence-electron chi connectivity index (χ1n) is 8.61. The van der Waals surface area contributed by atoms with Crippen molar-refractivity contribution in [3.05, 3.63) is 29.8 Å². The molecule has 1 atom stereocenters. The van der Waals surface area contributed by atoms with Crippen LogP contribution in [0.25, 0.3) is 0 Å². The van der Waals surface area contributed by atoms with Gasteiger partial charge in [-0.3, -0.25) is 0 Å². The number of hydrogen-bond donors (Lipinski definition) is 1. The van der Waals surface area contributed by atoms with Crippen LogP contribution < -0.4 is 4.83 Å². The Morgan fingerprint density at radius 1 is 1.27 bits per heavy atom. The fourth-order valence-corrected chi connectivity index (χ4v) is 3.41. The van der Waals surface area contributed by atoms with Crippen LogP contribution in [0, 0.1) is 12.8 Å². The average Bonchev–Trinajstić information content (AvgIpc) is 2.52. The Kier molecular flexibility index (Phi) is 5.95. The normalized spacial score (nSPS) is 20.1. The van der Waals surface area contributed by atoms with Gasteiger partial charge in [0.25, 0.3) is 10.0 Å². The van der Waals surface area contributed by atoms with Gasteiger partial charge in [0.1, 0.15) is 5.60 Å². The molecule has 0 aliphatic carbocycles. The Morgan fingerprint density at radius 2 is 1.88 bits per heavy atom. The molecule has 1 saturated heterocycles. The van der Waals surface area contributed by atoms with Gasteiger partial charge in [-0.05, 0) is 39.8 Å². The van der Waals surface area contributed by atoms with Gasteiger partial charge >= 0.3 is 6.09 Å². The van der Waals surface area contributed by atoms with Crippen LogP contribution in [0.2, 0.25) is 0 Å². The van der Waals surface area contributed by atoms with Crippen LogP contribution in [-0.4, -0.2) is 43.8 Å². The number of hydrazone groups is 1. The van der Waals surface area contributed by atoms with Gasteiger partial charge in [0.15, 0.2) is 0 Å². The zero-order valence-corrected chi connectivity index (χ0v) is 16.8. The average molecular weight is 381 g/mol. The number of benzene rings is 1. The van der Waals surface area contributed by atoms with Crippen molar-refractivity contribution >= 4 is 21.8 Å². The lowest BCUT2D eigenvalue weighted by atomic mass is 9.98. The van der Waals surface area contributed by atoms with E-state index in [0.717, 1.165) is 11.3 Å². The van der Waals surface area contributed by atoms with Crippen molar-refractivity contribution in [1.82, 2.24) is 9.73 Å². The second-order valence-electron chi connectivity index (χ2n) is 7.59. The zero-order chi connectivity index (χ0) is 19.5. The van der Waals surface area contributed by atoms with Crippen LogP contribution in [0.4, 0.5) is 4.79 Å². The third kappa shape index (κ3) is 5.45. The van der Waals surface area contributed by atoms with E-state index in [1.54, 1.807) is 29.2 Å². The molecule has 1 N–H and O–H groups in total. The molecule has 1 unspecified atom stereocenters. The number of ether oxygens (including phenoxy) is 1. The van der Waals surface area contributed by atoms with Crippen LogP contribution in [0.5, 0.6) is 0 Å². The number of hydrogen-bond acceptors (Lipinski definition) is 5. The van der Waals surface area contributed by atoms with E-state index in [4.69, 9.17) is 4.74 Å². The highest BCUT2D eigenvalue weighted by atomic mass is 32.2. The van der Waals surface area contributed by atoms with Crippen LogP contribution in [0.15, 0.2) is 34.3 Å². The highest BCUT2D eigenvalue weighted by molar-refractivity contribution is 7.89. The Bertz CT molecular complexity index is 780. The maximum Gasteiger partial charge on any atom is 0.410 e. The van der Waals surface area contributed by atoms with E-state index >= 15 is 0 Å². The molecule has 1 amide bonds. The maximum atomic E-state index is 12.3. The standard InChI is InChI=1S/C18H27N3O4S/c1-13-6-8-15(9-7-13)26(23,24)20-19-16-10-11-21(12-14(16)2)17(22)25-18(3,4)5/h6-9,14,20H,10-12H2,1-5H3/b19-16-. The molecule has 1 aliphatic rings. The lowest BCUT2D eigenvalue weighted by Crippen LogP contribution is -2.45. The minimum absolute atomic E-state index is 0.0583. The lowest BCUT2D eigenvalue weighted by Gasteiger charge is -2.33.